The Balaban J connectivity index is 0.00000147. The van der Waals surface area contributed by atoms with Crippen molar-refractivity contribution in [3.63, 3.8) is 0 Å². The molecule has 2 aliphatic rings. The van der Waals surface area contributed by atoms with Gasteiger partial charge in [0.1, 0.15) is 0 Å². The summed E-state index contributed by atoms with van der Waals surface area (Å²) in [4.78, 5) is 12.0. The average molecular weight is 301 g/mol. The van der Waals surface area contributed by atoms with Crippen LogP contribution in [0.4, 0.5) is 4.39 Å². The molecule has 20 heavy (non-hydrogen) atoms. The standard InChI is InChI=1S/C14H17FN2O2.ClH/c15-11-4-1-3-10-12(5-2-6-19-13(10)11)17-14(18)9-7-16-8-9;/h1,3-4,9,12,16H,2,5-8H2,(H,17,18);1H. The van der Waals surface area contributed by atoms with E-state index in [1.165, 1.54) is 6.07 Å². The van der Waals surface area contributed by atoms with Crippen molar-refractivity contribution in [2.45, 2.75) is 18.9 Å². The Bertz CT molecular complexity index is 494. The van der Waals surface area contributed by atoms with E-state index in [0.717, 1.165) is 31.5 Å². The maximum atomic E-state index is 13.8. The Kier molecular flexibility index (Phi) is 4.83. The number of fused-ring (bicyclic) bond motifs is 1. The highest BCUT2D eigenvalue weighted by Crippen LogP contribution is 2.33. The first kappa shape index (κ1) is 15.1. The van der Waals surface area contributed by atoms with E-state index >= 15 is 0 Å². The quantitative estimate of drug-likeness (QED) is 0.875. The van der Waals surface area contributed by atoms with E-state index in [2.05, 4.69) is 10.6 Å². The predicted octanol–water partition coefficient (Wildman–Crippen LogP) is 1.80. The van der Waals surface area contributed by atoms with Crippen molar-refractivity contribution in [3.05, 3.63) is 29.6 Å². The van der Waals surface area contributed by atoms with Gasteiger partial charge in [0.2, 0.25) is 5.91 Å². The number of rotatable bonds is 2. The molecule has 1 saturated heterocycles. The first-order valence-electron chi connectivity index (χ1n) is 6.68. The molecule has 0 bridgehead atoms. The molecule has 0 radical (unpaired) electrons. The van der Waals surface area contributed by atoms with Gasteiger partial charge < -0.3 is 15.4 Å². The van der Waals surface area contributed by atoms with Crippen molar-refractivity contribution >= 4 is 18.3 Å². The van der Waals surface area contributed by atoms with E-state index in [-0.39, 0.29) is 41.8 Å². The Morgan fingerprint density at radius 2 is 2.20 bits per heavy atom. The van der Waals surface area contributed by atoms with Crippen LogP contribution in [0.3, 0.4) is 0 Å². The molecule has 1 amide bonds. The summed E-state index contributed by atoms with van der Waals surface area (Å²) in [5.41, 5.74) is 0.748. The minimum Gasteiger partial charge on any atom is -0.490 e. The van der Waals surface area contributed by atoms with E-state index in [4.69, 9.17) is 4.74 Å². The maximum Gasteiger partial charge on any atom is 0.226 e. The minimum atomic E-state index is -0.357. The van der Waals surface area contributed by atoms with Crippen molar-refractivity contribution in [1.82, 2.24) is 10.6 Å². The molecule has 1 aromatic carbocycles. The number of carbonyl (C=O) groups is 1. The molecule has 4 nitrogen and oxygen atoms in total. The second-order valence-electron chi connectivity index (χ2n) is 5.07. The first-order chi connectivity index (χ1) is 9.25. The van der Waals surface area contributed by atoms with Crippen molar-refractivity contribution in [1.29, 1.82) is 0 Å². The van der Waals surface area contributed by atoms with Crippen LogP contribution < -0.4 is 15.4 Å². The molecule has 0 saturated carbocycles. The SMILES string of the molecule is Cl.O=C(NC1CCCOc2c(F)cccc21)C1CNC1. The fraction of sp³-hybridized carbons (Fsp3) is 0.500. The fourth-order valence-electron chi connectivity index (χ4n) is 2.48. The van der Waals surface area contributed by atoms with Gasteiger partial charge in [-0.15, -0.1) is 12.4 Å². The van der Waals surface area contributed by atoms with Crippen molar-refractivity contribution in [3.8, 4) is 5.75 Å². The average Bonchev–Trinajstić information content (AvgIpc) is 2.51. The van der Waals surface area contributed by atoms with E-state index < -0.39 is 0 Å². The molecular weight excluding hydrogens is 283 g/mol. The second kappa shape index (κ2) is 6.41. The van der Waals surface area contributed by atoms with Crippen LogP contribution in [0.1, 0.15) is 24.4 Å². The van der Waals surface area contributed by atoms with Crippen molar-refractivity contribution < 1.29 is 13.9 Å². The number of amides is 1. The van der Waals surface area contributed by atoms with Crippen LogP contribution in [0.2, 0.25) is 0 Å². The molecule has 110 valence electrons. The summed E-state index contributed by atoms with van der Waals surface area (Å²) in [5, 5.41) is 6.09. The molecule has 6 heteroatoms. The van der Waals surface area contributed by atoms with Gasteiger partial charge in [-0.3, -0.25) is 4.79 Å². The van der Waals surface area contributed by atoms with Crippen LogP contribution in [0.15, 0.2) is 18.2 Å². The molecule has 1 atom stereocenters. The lowest BCUT2D eigenvalue weighted by molar-refractivity contribution is -0.127. The van der Waals surface area contributed by atoms with Gasteiger partial charge in [0, 0.05) is 18.7 Å². The second-order valence-corrected chi connectivity index (χ2v) is 5.07. The predicted molar refractivity (Wildman–Crippen MR) is 75.6 cm³/mol. The largest absolute Gasteiger partial charge is 0.490 e. The topological polar surface area (TPSA) is 50.4 Å². The fourth-order valence-corrected chi connectivity index (χ4v) is 2.48. The molecule has 1 fully saturated rings. The third kappa shape index (κ3) is 2.88. The molecule has 1 unspecified atom stereocenters. The summed E-state index contributed by atoms with van der Waals surface area (Å²) in [7, 11) is 0. The van der Waals surface area contributed by atoms with Gasteiger partial charge in [-0.25, -0.2) is 4.39 Å². The van der Waals surface area contributed by atoms with Crippen LogP contribution in [0, 0.1) is 11.7 Å². The van der Waals surface area contributed by atoms with Gasteiger partial charge in [-0.1, -0.05) is 12.1 Å². The van der Waals surface area contributed by atoms with Crippen molar-refractivity contribution in [2.24, 2.45) is 5.92 Å². The van der Waals surface area contributed by atoms with E-state index in [1.807, 2.05) is 6.07 Å². The third-order valence-corrected chi connectivity index (χ3v) is 3.73. The Morgan fingerprint density at radius 1 is 1.40 bits per heavy atom. The Morgan fingerprint density at radius 3 is 2.90 bits per heavy atom. The highest BCUT2D eigenvalue weighted by molar-refractivity contribution is 5.85. The minimum absolute atomic E-state index is 0. The monoisotopic (exact) mass is 300 g/mol. The highest BCUT2D eigenvalue weighted by atomic mass is 35.5. The number of hydrogen-bond donors (Lipinski definition) is 2. The summed E-state index contributed by atoms with van der Waals surface area (Å²) in [6.07, 6.45) is 1.59. The van der Waals surface area contributed by atoms with Gasteiger partial charge in [-0.2, -0.15) is 0 Å². The van der Waals surface area contributed by atoms with Crippen LogP contribution in [0.5, 0.6) is 5.75 Å². The molecule has 1 aromatic rings. The van der Waals surface area contributed by atoms with Gasteiger partial charge in [0.25, 0.3) is 0 Å². The smallest absolute Gasteiger partial charge is 0.226 e. The lowest BCUT2D eigenvalue weighted by atomic mass is 9.98. The van der Waals surface area contributed by atoms with Crippen molar-refractivity contribution in [2.75, 3.05) is 19.7 Å². The molecular formula is C14H18ClFN2O2. The maximum absolute atomic E-state index is 13.8. The summed E-state index contributed by atoms with van der Waals surface area (Å²) in [6, 6.07) is 4.72. The normalized spacial score (nSPS) is 21.6. The lowest BCUT2D eigenvalue weighted by Crippen LogP contribution is -2.51. The van der Waals surface area contributed by atoms with E-state index in [9.17, 15) is 9.18 Å². The molecule has 2 aliphatic heterocycles. The van der Waals surface area contributed by atoms with Crippen LogP contribution in [-0.2, 0) is 4.79 Å². The number of carbonyl (C=O) groups excluding carboxylic acids is 1. The van der Waals surface area contributed by atoms with E-state index in [0.29, 0.717) is 6.61 Å². The van der Waals surface area contributed by atoms with Gasteiger partial charge in [0.05, 0.1) is 18.6 Å². The Labute approximate surface area is 123 Å². The number of para-hydroxylation sites is 1. The molecule has 0 aliphatic carbocycles. The van der Waals surface area contributed by atoms with Gasteiger partial charge in [0.15, 0.2) is 11.6 Å². The first-order valence-corrected chi connectivity index (χ1v) is 6.68. The zero-order valence-electron chi connectivity index (χ0n) is 11.0. The van der Waals surface area contributed by atoms with Gasteiger partial charge >= 0.3 is 0 Å². The number of ether oxygens (including phenoxy) is 1. The summed E-state index contributed by atoms with van der Waals surface area (Å²) in [5.74, 6) is 0.0167. The van der Waals surface area contributed by atoms with Gasteiger partial charge in [-0.05, 0) is 18.9 Å². The number of benzene rings is 1. The molecule has 2 heterocycles. The van der Waals surface area contributed by atoms with Crippen LogP contribution in [-0.4, -0.2) is 25.6 Å². The summed E-state index contributed by atoms with van der Waals surface area (Å²) < 4.78 is 19.2. The lowest BCUT2D eigenvalue weighted by Gasteiger charge is -2.28. The zero-order valence-corrected chi connectivity index (χ0v) is 11.8. The number of nitrogens with one attached hydrogen (secondary N) is 2. The van der Waals surface area contributed by atoms with Crippen LogP contribution in [0.25, 0.3) is 0 Å². The summed E-state index contributed by atoms with van der Waals surface area (Å²) >= 11 is 0. The summed E-state index contributed by atoms with van der Waals surface area (Å²) in [6.45, 7) is 1.95. The zero-order chi connectivity index (χ0) is 13.2. The molecule has 0 aromatic heterocycles. The van der Waals surface area contributed by atoms with Crippen LogP contribution >= 0.6 is 12.4 Å². The molecule has 2 N–H and O–H groups in total. The number of hydrogen-bond acceptors (Lipinski definition) is 3. The third-order valence-electron chi connectivity index (χ3n) is 3.73. The Hall–Kier alpha value is -1.33. The molecule has 3 rings (SSSR count). The molecule has 0 spiro atoms. The number of halogens is 2. The van der Waals surface area contributed by atoms with E-state index in [1.54, 1.807) is 6.07 Å². The highest BCUT2D eigenvalue weighted by Gasteiger charge is 2.29.